The molecule has 0 spiro atoms. The van der Waals surface area contributed by atoms with Crippen molar-refractivity contribution in [3.05, 3.63) is 48.2 Å². The highest BCUT2D eigenvalue weighted by Crippen LogP contribution is 2.29. The Morgan fingerprint density at radius 1 is 1.17 bits per heavy atom. The van der Waals surface area contributed by atoms with Crippen molar-refractivity contribution < 1.29 is 26.7 Å². The fourth-order valence-corrected chi connectivity index (χ4v) is 5.02. The quantitative estimate of drug-likeness (QED) is 0.740. The summed E-state index contributed by atoms with van der Waals surface area (Å²) in [5, 5.41) is -0.284. The van der Waals surface area contributed by atoms with Crippen molar-refractivity contribution in [2.75, 3.05) is 19.8 Å². The van der Waals surface area contributed by atoms with Crippen molar-refractivity contribution in [3.63, 3.8) is 0 Å². The van der Waals surface area contributed by atoms with E-state index in [4.69, 9.17) is 9.47 Å². The Labute approximate surface area is 168 Å². The maximum atomic E-state index is 14.5. The molecule has 2 aliphatic rings. The summed E-state index contributed by atoms with van der Waals surface area (Å²) in [5.41, 5.74) is 0.569. The molecule has 2 heterocycles. The summed E-state index contributed by atoms with van der Waals surface area (Å²) >= 11 is 0. The lowest BCUT2D eigenvalue weighted by molar-refractivity contribution is 0.0186. The third kappa shape index (κ3) is 4.91. The molecule has 1 aliphatic heterocycles. The molecule has 1 N–H and O–H groups in total. The molecule has 1 saturated carbocycles. The predicted molar refractivity (Wildman–Crippen MR) is 103 cm³/mol. The molecule has 4 rings (SSSR count). The van der Waals surface area contributed by atoms with Crippen LogP contribution < -0.4 is 9.46 Å². The molecule has 0 amide bonds. The van der Waals surface area contributed by atoms with E-state index in [-0.39, 0.29) is 29.4 Å². The van der Waals surface area contributed by atoms with Crippen LogP contribution in [0.1, 0.15) is 19.3 Å². The fraction of sp³-hybridized carbons (Fsp3) is 0.450. The Hall–Kier alpha value is -2.10. The SMILES string of the molecule is O=S(=O)(N[C@H]1CCOC[C@@H]1COc1ccc(-c2ccc(F)cn2)c(F)c1)C1CC1. The van der Waals surface area contributed by atoms with Gasteiger partial charge in [-0.1, -0.05) is 0 Å². The number of halogens is 2. The van der Waals surface area contributed by atoms with Gasteiger partial charge in [-0.15, -0.1) is 0 Å². The molecular formula is C20H22F2N2O4S. The Morgan fingerprint density at radius 2 is 2.00 bits per heavy atom. The highest BCUT2D eigenvalue weighted by molar-refractivity contribution is 7.90. The van der Waals surface area contributed by atoms with E-state index >= 15 is 0 Å². The smallest absolute Gasteiger partial charge is 0.214 e. The fourth-order valence-electron chi connectivity index (χ4n) is 3.33. The third-order valence-electron chi connectivity index (χ3n) is 5.16. The van der Waals surface area contributed by atoms with Crippen LogP contribution in [0.15, 0.2) is 36.5 Å². The number of nitrogens with zero attached hydrogens (tertiary/aromatic N) is 1. The van der Waals surface area contributed by atoms with Gasteiger partial charge in [0.15, 0.2) is 0 Å². The second-order valence-electron chi connectivity index (χ2n) is 7.41. The molecular weight excluding hydrogens is 402 g/mol. The van der Waals surface area contributed by atoms with Crippen LogP contribution in [0.2, 0.25) is 0 Å². The van der Waals surface area contributed by atoms with Crippen LogP contribution >= 0.6 is 0 Å². The molecule has 6 nitrogen and oxygen atoms in total. The van der Waals surface area contributed by atoms with Gasteiger partial charge in [0, 0.05) is 30.2 Å². The molecule has 2 fully saturated rings. The average molecular weight is 424 g/mol. The zero-order chi connectivity index (χ0) is 20.4. The summed E-state index contributed by atoms with van der Waals surface area (Å²) in [4.78, 5) is 3.88. The van der Waals surface area contributed by atoms with Gasteiger partial charge in [0.25, 0.3) is 0 Å². The zero-order valence-corrected chi connectivity index (χ0v) is 16.5. The zero-order valence-electron chi connectivity index (χ0n) is 15.7. The van der Waals surface area contributed by atoms with Gasteiger partial charge in [0.2, 0.25) is 10.0 Å². The van der Waals surface area contributed by atoms with Crippen molar-refractivity contribution in [2.45, 2.75) is 30.6 Å². The topological polar surface area (TPSA) is 77.5 Å². The van der Waals surface area contributed by atoms with Gasteiger partial charge in [-0.3, -0.25) is 4.98 Å². The van der Waals surface area contributed by atoms with Crippen LogP contribution in [0, 0.1) is 17.6 Å². The molecule has 1 aromatic carbocycles. The van der Waals surface area contributed by atoms with Gasteiger partial charge in [0.05, 0.1) is 30.4 Å². The lowest BCUT2D eigenvalue weighted by Gasteiger charge is -2.31. The first-order valence-electron chi connectivity index (χ1n) is 9.55. The highest BCUT2D eigenvalue weighted by atomic mass is 32.2. The van der Waals surface area contributed by atoms with E-state index in [0.717, 1.165) is 6.20 Å². The first-order valence-corrected chi connectivity index (χ1v) is 11.1. The average Bonchev–Trinajstić information content (AvgIpc) is 3.54. The Morgan fingerprint density at radius 3 is 2.69 bits per heavy atom. The molecule has 0 radical (unpaired) electrons. The van der Waals surface area contributed by atoms with E-state index in [1.165, 1.54) is 24.3 Å². The minimum atomic E-state index is -3.30. The number of pyridine rings is 1. The van der Waals surface area contributed by atoms with Gasteiger partial charge >= 0.3 is 0 Å². The largest absolute Gasteiger partial charge is 0.493 e. The molecule has 1 aromatic heterocycles. The molecule has 0 unspecified atom stereocenters. The number of ether oxygens (including phenoxy) is 2. The highest BCUT2D eigenvalue weighted by Gasteiger charge is 2.39. The first-order chi connectivity index (χ1) is 13.9. The van der Waals surface area contributed by atoms with Crippen molar-refractivity contribution in [1.29, 1.82) is 0 Å². The number of rotatable bonds is 7. The minimum Gasteiger partial charge on any atom is -0.493 e. The van der Waals surface area contributed by atoms with Crippen LogP contribution in [0.5, 0.6) is 5.75 Å². The van der Waals surface area contributed by atoms with Crippen molar-refractivity contribution in [1.82, 2.24) is 9.71 Å². The maximum absolute atomic E-state index is 14.5. The minimum absolute atomic E-state index is 0.168. The maximum Gasteiger partial charge on any atom is 0.214 e. The monoisotopic (exact) mass is 424 g/mol. The Kier molecular flexibility index (Phi) is 5.80. The van der Waals surface area contributed by atoms with Gasteiger partial charge in [-0.25, -0.2) is 21.9 Å². The van der Waals surface area contributed by atoms with Gasteiger partial charge in [-0.2, -0.15) is 0 Å². The summed E-state index contributed by atoms with van der Waals surface area (Å²) in [6.07, 6.45) is 3.01. The second-order valence-corrected chi connectivity index (χ2v) is 9.40. The Balaban J connectivity index is 1.40. The number of nitrogens with one attached hydrogen (secondary N) is 1. The summed E-state index contributed by atoms with van der Waals surface area (Å²) in [6.45, 7) is 1.06. The number of benzene rings is 1. The molecule has 29 heavy (non-hydrogen) atoms. The Bertz CT molecular complexity index is 965. The van der Waals surface area contributed by atoms with Crippen molar-refractivity contribution >= 4 is 10.0 Å². The number of sulfonamides is 1. The van der Waals surface area contributed by atoms with E-state index < -0.39 is 21.7 Å². The molecule has 2 atom stereocenters. The standard InChI is InChI=1S/C20H22F2N2O4S/c21-14-1-6-20(23-10-14)17-5-2-15(9-18(17)22)28-12-13-11-27-8-7-19(13)24-29(25,26)16-3-4-16/h1-2,5-6,9-10,13,16,19,24H,3-4,7-8,11-12H2/t13-,19+/m1/s1. The predicted octanol–water partition coefficient (Wildman–Crippen LogP) is 2.89. The molecule has 1 aliphatic carbocycles. The van der Waals surface area contributed by atoms with E-state index in [1.54, 1.807) is 6.07 Å². The van der Waals surface area contributed by atoms with Crippen LogP contribution in [0.4, 0.5) is 8.78 Å². The van der Waals surface area contributed by atoms with Crippen molar-refractivity contribution in [2.24, 2.45) is 5.92 Å². The molecule has 0 bridgehead atoms. The van der Waals surface area contributed by atoms with E-state index in [9.17, 15) is 17.2 Å². The van der Waals surface area contributed by atoms with E-state index in [1.807, 2.05) is 0 Å². The lowest BCUT2D eigenvalue weighted by Crippen LogP contribution is -2.48. The molecule has 1 saturated heterocycles. The summed E-state index contributed by atoms with van der Waals surface area (Å²) in [7, 11) is -3.30. The molecule has 2 aromatic rings. The van der Waals surface area contributed by atoms with Crippen LogP contribution in [-0.2, 0) is 14.8 Å². The van der Waals surface area contributed by atoms with Gasteiger partial charge < -0.3 is 9.47 Å². The van der Waals surface area contributed by atoms with Crippen LogP contribution in [0.3, 0.4) is 0 Å². The summed E-state index contributed by atoms with van der Waals surface area (Å²) in [6, 6.07) is 6.74. The lowest BCUT2D eigenvalue weighted by atomic mass is 9.98. The third-order valence-corrected chi connectivity index (χ3v) is 7.14. The molecule has 9 heteroatoms. The molecule has 156 valence electrons. The normalized spacial score (nSPS) is 22.4. The summed E-state index contributed by atoms with van der Waals surface area (Å²) < 4.78 is 65.9. The number of hydrogen-bond acceptors (Lipinski definition) is 5. The number of aromatic nitrogens is 1. The van der Waals surface area contributed by atoms with Crippen LogP contribution in [-0.4, -0.2) is 44.5 Å². The summed E-state index contributed by atoms with van der Waals surface area (Å²) in [5.74, 6) is -0.871. The van der Waals surface area contributed by atoms with E-state index in [2.05, 4.69) is 9.71 Å². The number of hydrogen-bond donors (Lipinski definition) is 1. The van der Waals surface area contributed by atoms with Gasteiger partial charge in [-0.05, 0) is 43.5 Å². The first kappa shape index (κ1) is 20.2. The van der Waals surface area contributed by atoms with E-state index in [0.29, 0.717) is 43.9 Å². The van der Waals surface area contributed by atoms with Crippen LogP contribution in [0.25, 0.3) is 11.3 Å². The van der Waals surface area contributed by atoms with Crippen molar-refractivity contribution in [3.8, 4) is 17.0 Å². The second kappa shape index (κ2) is 8.33. The van der Waals surface area contributed by atoms with Gasteiger partial charge in [0.1, 0.15) is 17.4 Å².